The summed E-state index contributed by atoms with van der Waals surface area (Å²) in [5.41, 5.74) is 1.76. The lowest BCUT2D eigenvalue weighted by atomic mass is 10.2. The molecule has 0 radical (unpaired) electrons. The zero-order valence-electron chi connectivity index (χ0n) is 13.4. The number of anilines is 2. The highest BCUT2D eigenvalue weighted by Crippen LogP contribution is 2.50. The van der Waals surface area contributed by atoms with Gasteiger partial charge in [-0.1, -0.05) is 43.6 Å². The molecular weight excluding hydrogens is 479 g/mol. The molecule has 1 aliphatic heterocycles. The van der Waals surface area contributed by atoms with E-state index in [1.807, 2.05) is 12.1 Å². The van der Waals surface area contributed by atoms with E-state index in [4.69, 9.17) is 0 Å². The molecule has 3 rings (SSSR count). The number of benzene rings is 2. The van der Waals surface area contributed by atoms with Crippen molar-refractivity contribution in [1.82, 2.24) is 4.90 Å². The molecular formula is C17H18Br2ClFN2S. The number of hydrogen-bond acceptors (Lipinski definition) is 3. The van der Waals surface area contributed by atoms with Gasteiger partial charge in [0.05, 0.1) is 11.4 Å². The van der Waals surface area contributed by atoms with Gasteiger partial charge in [-0.15, -0.1) is 12.4 Å². The molecule has 130 valence electrons. The third-order valence-corrected chi connectivity index (χ3v) is 5.71. The number of fused-ring (bicyclic) bond motifs is 2. The fraction of sp³-hybridized carbons (Fsp3) is 0.294. The second-order valence-corrected chi connectivity index (χ2v) is 8.67. The highest BCUT2D eigenvalue weighted by atomic mass is 79.9. The van der Waals surface area contributed by atoms with Crippen LogP contribution in [0.3, 0.4) is 0 Å². The van der Waals surface area contributed by atoms with E-state index in [1.54, 1.807) is 17.8 Å². The Morgan fingerprint density at radius 1 is 1.08 bits per heavy atom. The number of nitrogens with zero attached hydrogens (tertiary/aromatic N) is 2. The van der Waals surface area contributed by atoms with Gasteiger partial charge in [-0.05, 0) is 57.4 Å². The van der Waals surface area contributed by atoms with Gasteiger partial charge in [0, 0.05) is 25.3 Å². The van der Waals surface area contributed by atoms with E-state index in [9.17, 15) is 4.39 Å². The summed E-state index contributed by atoms with van der Waals surface area (Å²) in [5, 5.41) is 0. The minimum absolute atomic E-state index is 0. The van der Waals surface area contributed by atoms with E-state index in [0.717, 1.165) is 43.9 Å². The zero-order chi connectivity index (χ0) is 16.6. The first-order valence-corrected chi connectivity index (χ1v) is 9.74. The molecule has 0 saturated carbocycles. The normalized spacial score (nSPS) is 12.7. The van der Waals surface area contributed by atoms with Crippen LogP contribution in [-0.2, 0) is 0 Å². The van der Waals surface area contributed by atoms with E-state index < -0.39 is 0 Å². The van der Waals surface area contributed by atoms with Gasteiger partial charge in [0.2, 0.25) is 0 Å². The van der Waals surface area contributed by atoms with Crippen molar-refractivity contribution in [2.75, 3.05) is 32.1 Å². The standard InChI is InChI=1S/C17H17Br2FN2S.ClH/c1-21(2)6-3-7-22-14-5-4-11(18)9-15(14)23-16-10-12(19)8-13(20)17(16)22;/h4-5,8-10H,3,6-7H2,1-2H3;1H. The topological polar surface area (TPSA) is 6.48 Å². The molecule has 0 aliphatic carbocycles. The van der Waals surface area contributed by atoms with Crippen molar-refractivity contribution in [3.63, 3.8) is 0 Å². The Balaban J connectivity index is 0.00000208. The Hall–Kier alpha value is -0.270. The predicted molar refractivity (Wildman–Crippen MR) is 110 cm³/mol. The largest absolute Gasteiger partial charge is 0.337 e. The molecule has 24 heavy (non-hydrogen) atoms. The molecule has 7 heteroatoms. The second-order valence-electron chi connectivity index (χ2n) is 5.76. The Kier molecular flexibility index (Phi) is 7.02. The van der Waals surface area contributed by atoms with Crippen molar-refractivity contribution in [3.05, 3.63) is 45.1 Å². The molecule has 0 unspecified atom stereocenters. The van der Waals surface area contributed by atoms with Crippen LogP contribution in [0.25, 0.3) is 0 Å². The van der Waals surface area contributed by atoms with Crippen LogP contribution < -0.4 is 4.90 Å². The third kappa shape index (κ3) is 4.28. The summed E-state index contributed by atoms with van der Waals surface area (Å²) < 4.78 is 16.4. The molecule has 0 fully saturated rings. The molecule has 0 bridgehead atoms. The lowest BCUT2D eigenvalue weighted by molar-refractivity contribution is 0.402. The summed E-state index contributed by atoms with van der Waals surface area (Å²) in [6, 6.07) is 9.71. The van der Waals surface area contributed by atoms with E-state index in [1.165, 1.54) is 0 Å². The van der Waals surface area contributed by atoms with Crippen LogP contribution in [0.2, 0.25) is 0 Å². The maximum Gasteiger partial charge on any atom is 0.149 e. The van der Waals surface area contributed by atoms with Crippen molar-refractivity contribution < 1.29 is 4.39 Å². The van der Waals surface area contributed by atoms with Crippen LogP contribution in [0.4, 0.5) is 15.8 Å². The Labute approximate surface area is 169 Å². The quantitative estimate of drug-likeness (QED) is 0.489. The van der Waals surface area contributed by atoms with Gasteiger partial charge in [0.15, 0.2) is 0 Å². The van der Waals surface area contributed by atoms with Crippen molar-refractivity contribution >= 4 is 67.4 Å². The molecule has 0 spiro atoms. The second kappa shape index (κ2) is 8.41. The predicted octanol–water partition coefficient (Wildman–Crippen LogP) is 6.33. The first-order chi connectivity index (χ1) is 11.0. The third-order valence-electron chi connectivity index (χ3n) is 3.68. The Morgan fingerprint density at radius 2 is 1.79 bits per heavy atom. The average Bonchev–Trinajstić information content (AvgIpc) is 2.45. The molecule has 2 aromatic rings. The SMILES string of the molecule is CN(C)CCCN1c2ccc(Br)cc2Sc2cc(Br)cc(F)c21.Cl. The van der Waals surface area contributed by atoms with Crippen LogP contribution in [-0.4, -0.2) is 32.1 Å². The monoisotopic (exact) mass is 494 g/mol. The van der Waals surface area contributed by atoms with Crippen LogP contribution in [0, 0.1) is 5.82 Å². The van der Waals surface area contributed by atoms with Crippen molar-refractivity contribution in [2.24, 2.45) is 0 Å². The highest BCUT2D eigenvalue weighted by molar-refractivity contribution is 9.10. The average molecular weight is 497 g/mol. The molecule has 1 aliphatic rings. The summed E-state index contributed by atoms with van der Waals surface area (Å²) in [6.45, 7) is 1.77. The molecule has 0 atom stereocenters. The van der Waals surface area contributed by atoms with Crippen molar-refractivity contribution in [3.8, 4) is 0 Å². The lowest BCUT2D eigenvalue weighted by Gasteiger charge is -2.33. The molecule has 0 aromatic heterocycles. The Morgan fingerprint density at radius 3 is 2.50 bits per heavy atom. The molecule has 2 nitrogen and oxygen atoms in total. The van der Waals surface area contributed by atoms with Crippen LogP contribution in [0.1, 0.15) is 6.42 Å². The van der Waals surface area contributed by atoms with Crippen LogP contribution in [0.15, 0.2) is 49.1 Å². The van der Waals surface area contributed by atoms with Crippen LogP contribution >= 0.6 is 56.0 Å². The van der Waals surface area contributed by atoms with Gasteiger partial charge < -0.3 is 9.80 Å². The summed E-state index contributed by atoms with van der Waals surface area (Å²) in [6.07, 6.45) is 0.974. The maximum atomic E-state index is 14.6. The van der Waals surface area contributed by atoms with Gasteiger partial charge >= 0.3 is 0 Å². The lowest BCUT2D eigenvalue weighted by Crippen LogP contribution is -2.26. The van der Waals surface area contributed by atoms with Crippen molar-refractivity contribution in [1.29, 1.82) is 0 Å². The first kappa shape index (κ1) is 20.0. The van der Waals surface area contributed by atoms with Crippen molar-refractivity contribution in [2.45, 2.75) is 16.2 Å². The van der Waals surface area contributed by atoms with E-state index >= 15 is 0 Å². The van der Waals surface area contributed by atoms with Gasteiger partial charge in [-0.2, -0.15) is 0 Å². The minimum atomic E-state index is -0.180. The van der Waals surface area contributed by atoms with Crippen LogP contribution in [0.5, 0.6) is 0 Å². The Bertz CT molecular complexity index is 743. The fourth-order valence-electron chi connectivity index (χ4n) is 2.69. The zero-order valence-corrected chi connectivity index (χ0v) is 18.2. The highest BCUT2D eigenvalue weighted by Gasteiger charge is 2.26. The van der Waals surface area contributed by atoms with E-state index in [0.29, 0.717) is 5.69 Å². The summed E-state index contributed by atoms with van der Waals surface area (Å²) in [4.78, 5) is 6.36. The number of hydrogen-bond donors (Lipinski definition) is 0. The van der Waals surface area contributed by atoms with Gasteiger partial charge in [0.25, 0.3) is 0 Å². The molecule has 0 saturated heterocycles. The van der Waals surface area contributed by atoms with E-state index in [2.05, 4.69) is 67.9 Å². The fourth-order valence-corrected chi connectivity index (χ4v) is 4.98. The summed E-state index contributed by atoms with van der Waals surface area (Å²) in [7, 11) is 4.12. The molecule has 1 heterocycles. The molecule has 0 amide bonds. The van der Waals surface area contributed by atoms with Gasteiger partial charge in [-0.3, -0.25) is 0 Å². The summed E-state index contributed by atoms with van der Waals surface area (Å²) in [5.74, 6) is -0.180. The smallest absolute Gasteiger partial charge is 0.149 e. The molecule has 2 aromatic carbocycles. The van der Waals surface area contributed by atoms with E-state index in [-0.39, 0.29) is 18.2 Å². The molecule has 0 N–H and O–H groups in total. The summed E-state index contributed by atoms with van der Waals surface area (Å²) >= 11 is 8.55. The van der Waals surface area contributed by atoms with Gasteiger partial charge in [0.1, 0.15) is 5.82 Å². The minimum Gasteiger partial charge on any atom is -0.337 e. The number of rotatable bonds is 4. The first-order valence-electron chi connectivity index (χ1n) is 7.34. The maximum absolute atomic E-state index is 14.6. The number of halogens is 4. The van der Waals surface area contributed by atoms with Gasteiger partial charge in [-0.25, -0.2) is 4.39 Å².